The normalized spacial score (nSPS) is 12.0. The van der Waals surface area contributed by atoms with Crippen molar-refractivity contribution in [3.63, 3.8) is 0 Å². The van der Waals surface area contributed by atoms with Gasteiger partial charge in [-0.15, -0.1) is 0 Å². The molecule has 0 aliphatic rings. The SMILES string of the molecule is c1ccc(-c2nc(-c3ccc4c(c3)oc3ccccc34)nc(-c3cc4ccccc4c4c3oc3cc(-n5c6ccccc6c6ccccc65)ccc34)n2)cc1. The lowest BCUT2D eigenvalue weighted by atomic mass is 9.99. The summed E-state index contributed by atoms with van der Waals surface area (Å²) in [6.45, 7) is 0. The van der Waals surface area contributed by atoms with E-state index in [-0.39, 0.29) is 0 Å². The van der Waals surface area contributed by atoms with E-state index in [1.165, 1.54) is 10.8 Å². The second kappa shape index (κ2) is 11.5. The van der Waals surface area contributed by atoms with E-state index in [0.717, 1.165) is 88.1 Å². The molecule has 4 aromatic heterocycles. The third-order valence-electron chi connectivity index (χ3n) is 10.8. The molecule has 12 aromatic rings. The van der Waals surface area contributed by atoms with Gasteiger partial charge in [0, 0.05) is 55.2 Å². The number of benzene rings is 8. The van der Waals surface area contributed by atoms with Gasteiger partial charge in [0.25, 0.3) is 0 Å². The minimum Gasteiger partial charge on any atom is -0.456 e. The van der Waals surface area contributed by atoms with Gasteiger partial charge in [-0.1, -0.05) is 115 Å². The average molecular weight is 705 g/mol. The molecular weight excluding hydrogens is 677 g/mol. The molecule has 0 aliphatic carbocycles. The fourth-order valence-corrected chi connectivity index (χ4v) is 8.33. The zero-order chi connectivity index (χ0) is 36.0. The van der Waals surface area contributed by atoms with Crippen molar-refractivity contribution >= 4 is 76.5 Å². The Hall–Kier alpha value is -7.57. The van der Waals surface area contributed by atoms with Crippen molar-refractivity contribution in [3.05, 3.63) is 170 Å². The van der Waals surface area contributed by atoms with Gasteiger partial charge in [-0.3, -0.25) is 0 Å². The summed E-state index contributed by atoms with van der Waals surface area (Å²) in [6, 6.07) is 58.6. The Labute approximate surface area is 313 Å². The Morgan fingerprint density at radius 2 is 0.982 bits per heavy atom. The van der Waals surface area contributed by atoms with Gasteiger partial charge in [0.15, 0.2) is 17.5 Å². The lowest BCUT2D eigenvalue weighted by molar-refractivity contribution is 0.668. The number of aromatic nitrogens is 4. The van der Waals surface area contributed by atoms with Crippen molar-refractivity contribution in [3.8, 4) is 39.9 Å². The summed E-state index contributed by atoms with van der Waals surface area (Å²) < 4.78 is 15.6. The molecule has 55 heavy (non-hydrogen) atoms. The lowest BCUT2D eigenvalue weighted by Gasteiger charge is -2.10. The predicted molar refractivity (Wildman–Crippen MR) is 223 cm³/mol. The Balaban J connectivity index is 1.11. The Morgan fingerprint density at radius 1 is 0.382 bits per heavy atom. The number of para-hydroxylation sites is 3. The molecular formula is C49H28N4O2. The summed E-state index contributed by atoms with van der Waals surface area (Å²) in [5, 5.41) is 8.81. The minimum atomic E-state index is 0.533. The maximum absolute atomic E-state index is 6.96. The van der Waals surface area contributed by atoms with Crippen LogP contribution in [0, 0.1) is 0 Å². The molecule has 0 unspecified atom stereocenters. The van der Waals surface area contributed by atoms with Crippen LogP contribution in [0.4, 0.5) is 0 Å². The molecule has 12 rings (SSSR count). The fraction of sp³-hybridized carbons (Fsp3) is 0. The molecule has 4 heterocycles. The number of furan rings is 2. The van der Waals surface area contributed by atoms with Crippen LogP contribution in [0.2, 0.25) is 0 Å². The molecule has 0 N–H and O–H groups in total. The molecule has 0 fully saturated rings. The van der Waals surface area contributed by atoms with Gasteiger partial charge in [0.1, 0.15) is 22.3 Å². The van der Waals surface area contributed by atoms with Crippen molar-refractivity contribution < 1.29 is 8.83 Å². The molecule has 0 bridgehead atoms. The molecule has 6 heteroatoms. The first-order valence-electron chi connectivity index (χ1n) is 18.4. The molecule has 6 nitrogen and oxygen atoms in total. The van der Waals surface area contributed by atoms with Crippen LogP contribution >= 0.6 is 0 Å². The van der Waals surface area contributed by atoms with E-state index in [0.29, 0.717) is 17.5 Å². The van der Waals surface area contributed by atoms with Crippen LogP contribution in [-0.2, 0) is 0 Å². The minimum absolute atomic E-state index is 0.533. The summed E-state index contributed by atoms with van der Waals surface area (Å²) in [4.78, 5) is 15.4. The summed E-state index contributed by atoms with van der Waals surface area (Å²) >= 11 is 0. The van der Waals surface area contributed by atoms with Crippen molar-refractivity contribution in [2.45, 2.75) is 0 Å². The number of fused-ring (bicyclic) bond motifs is 11. The summed E-state index contributed by atoms with van der Waals surface area (Å²) in [6.07, 6.45) is 0. The Bertz CT molecular complexity index is 3450. The van der Waals surface area contributed by atoms with Gasteiger partial charge in [-0.25, -0.2) is 15.0 Å². The van der Waals surface area contributed by atoms with Gasteiger partial charge < -0.3 is 13.4 Å². The molecule has 0 radical (unpaired) electrons. The maximum atomic E-state index is 6.96. The summed E-state index contributed by atoms with van der Waals surface area (Å²) in [5.41, 5.74) is 9.02. The number of nitrogens with zero attached hydrogens (tertiary/aromatic N) is 4. The van der Waals surface area contributed by atoms with E-state index < -0.39 is 0 Å². The third kappa shape index (κ3) is 4.52. The molecule has 0 aliphatic heterocycles. The highest BCUT2D eigenvalue weighted by molar-refractivity contribution is 6.22. The van der Waals surface area contributed by atoms with Gasteiger partial charge in [-0.2, -0.15) is 0 Å². The van der Waals surface area contributed by atoms with Crippen LogP contribution in [0.5, 0.6) is 0 Å². The standard InChI is InChI=1S/C49H28N4O2/c1-2-12-29(13-3-1)47-50-48(31-22-24-37-36-18-8-11-21-42(36)54-43(37)27-31)52-49(51-47)39-26-30-14-4-5-15-33(30)45-38-25-23-32(28-44(38)55-46(39)45)53-40-19-9-6-16-34(40)35-17-7-10-20-41(35)53/h1-28H. The Morgan fingerprint density at radius 3 is 1.78 bits per heavy atom. The smallest absolute Gasteiger partial charge is 0.167 e. The summed E-state index contributed by atoms with van der Waals surface area (Å²) in [7, 11) is 0. The van der Waals surface area contributed by atoms with Crippen LogP contribution < -0.4 is 0 Å². The van der Waals surface area contributed by atoms with Gasteiger partial charge >= 0.3 is 0 Å². The first-order valence-corrected chi connectivity index (χ1v) is 18.4. The van der Waals surface area contributed by atoms with Gasteiger partial charge in [-0.05, 0) is 59.3 Å². The van der Waals surface area contributed by atoms with Gasteiger partial charge in [0.05, 0.1) is 16.6 Å². The molecule has 0 atom stereocenters. The monoisotopic (exact) mass is 704 g/mol. The fourth-order valence-electron chi connectivity index (χ4n) is 8.33. The zero-order valence-electron chi connectivity index (χ0n) is 29.3. The van der Waals surface area contributed by atoms with E-state index in [1.54, 1.807) is 0 Å². The topological polar surface area (TPSA) is 69.9 Å². The van der Waals surface area contributed by atoms with Crippen LogP contribution in [0.3, 0.4) is 0 Å². The van der Waals surface area contributed by atoms with E-state index >= 15 is 0 Å². The highest BCUT2D eigenvalue weighted by atomic mass is 16.3. The van der Waals surface area contributed by atoms with E-state index in [9.17, 15) is 0 Å². The van der Waals surface area contributed by atoms with Crippen molar-refractivity contribution in [2.24, 2.45) is 0 Å². The zero-order valence-corrected chi connectivity index (χ0v) is 29.3. The highest BCUT2D eigenvalue weighted by Crippen LogP contribution is 2.42. The molecule has 256 valence electrons. The predicted octanol–water partition coefficient (Wildman–Crippen LogP) is 12.9. The number of rotatable bonds is 4. The van der Waals surface area contributed by atoms with Crippen molar-refractivity contribution in [1.29, 1.82) is 0 Å². The average Bonchev–Trinajstić information content (AvgIpc) is 3.93. The maximum Gasteiger partial charge on any atom is 0.167 e. The van der Waals surface area contributed by atoms with Crippen LogP contribution in [0.1, 0.15) is 0 Å². The lowest BCUT2D eigenvalue weighted by Crippen LogP contribution is -2.00. The van der Waals surface area contributed by atoms with Crippen LogP contribution in [0.25, 0.3) is 116 Å². The van der Waals surface area contributed by atoms with Crippen molar-refractivity contribution in [2.75, 3.05) is 0 Å². The molecule has 0 saturated heterocycles. The highest BCUT2D eigenvalue weighted by Gasteiger charge is 2.22. The largest absolute Gasteiger partial charge is 0.456 e. The molecule has 8 aromatic carbocycles. The van der Waals surface area contributed by atoms with E-state index in [4.69, 9.17) is 23.8 Å². The Kier molecular flexibility index (Phi) is 6.24. The third-order valence-corrected chi connectivity index (χ3v) is 10.8. The first-order chi connectivity index (χ1) is 27.2. The van der Waals surface area contributed by atoms with Crippen LogP contribution in [-0.4, -0.2) is 19.5 Å². The quantitative estimate of drug-likeness (QED) is 0.182. The summed E-state index contributed by atoms with van der Waals surface area (Å²) in [5.74, 6) is 1.67. The second-order valence-corrected chi connectivity index (χ2v) is 14.0. The molecule has 0 spiro atoms. The number of hydrogen-bond donors (Lipinski definition) is 0. The van der Waals surface area contributed by atoms with Gasteiger partial charge in [0.2, 0.25) is 0 Å². The van der Waals surface area contributed by atoms with E-state index in [1.807, 2.05) is 54.6 Å². The molecule has 0 saturated carbocycles. The first kappa shape index (κ1) is 29.9. The van der Waals surface area contributed by atoms with Crippen molar-refractivity contribution in [1.82, 2.24) is 19.5 Å². The second-order valence-electron chi connectivity index (χ2n) is 14.0. The van der Waals surface area contributed by atoms with Crippen LogP contribution in [0.15, 0.2) is 179 Å². The van der Waals surface area contributed by atoms with E-state index in [2.05, 4.69) is 120 Å². The molecule has 0 amide bonds. The number of hydrogen-bond acceptors (Lipinski definition) is 5.